The van der Waals surface area contributed by atoms with Gasteiger partial charge in [-0.25, -0.2) is 13.4 Å². The average molecular weight is 631 g/mol. The number of aromatic amines is 1. The summed E-state index contributed by atoms with van der Waals surface area (Å²) in [4.78, 5) is 20.6. The fraction of sp³-hybridized carbons (Fsp3) is 0.522. The van der Waals surface area contributed by atoms with E-state index in [1.54, 1.807) is 13.1 Å². The van der Waals surface area contributed by atoms with Crippen LogP contribution in [0, 0.1) is 0 Å². The second-order valence-corrected chi connectivity index (χ2v) is 11.2. The van der Waals surface area contributed by atoms with E-state index in [1.165, 1.54) is 21.1 Å². The molecule has 0 atom stereocenters. The quantitative estimate of drug-likeness (QED) is 0.231. The number of hydrogen-bond acceptors (Lipinski definition) is 8. The first-order chi connectivity index (χ1) is 17.3. The minimum Gasteiger partial charge on any atom is -0.493 e. The molecule has 0 bridgehead atoms. The third kappa shape index (κ3) is 5.44. The number of halogens is 1. The Morgan fingerprint density at radius 1 is 1.28 bits per heavy atom. The topological polar surface area (TPSA) is 131 Å². The third-order valence-electron chi connectivity index (χ3n) is 6.07. The van der Waals surface area contributed by atoms with E-state index in [9.17, 15) is 13.2 Å². The second-order valence-electron chi connectivity index (χ2n) is 8.66. The van der Waals surface area contributed by atoms with Crippen molar-refractivity contribution in [2.75, 3.05) is 32.8 Å². The van der Waals surface area contributed by atoms with Crippen molar-refractivity contribution in [2.24, 2.45) is 7.05 Å². The number of nitrogens with zero attached hydrogens (tertiary/aromatic N) is 4. The Kier molecular flexibility index (Phi) is 8.65. The van der Waals surface area contributed by atoms with Crippen molar-refractivity contribution in [3.8, 4) is 17.1 Å². The van der Waals surface area contributed by atoms with Gasteiger partial charge in [-0.2, -0.15) is 9.40 Å². The first kappa shape index (κ1) is 27.0. The van der Waals surface area contributed by atoms with E-state index in [2.05, 4.69) is 15.4 Å². The van der Waals surface area contributed by atoms with Gasteiger partial charge in [-0.15, -0.1) is 0 Å². The summed E-state index contributed by atoms with van der Waals surface area (Å²) >= 11 is 1.86. The molecule has 0 spiro atoms. The lowest BCUT2D eigenvalue weighted by molar-refractivity contribution is 0.224. The zero-order chi connectivity index (χ0) is 25.9. The molecule has 1 fully saturated rings. The minimum absolute atomic E-state index is 0.110. The lowest BCUT2D eigenvalue weighted by Crippen LogP contribution is -2.59. The molecule has 13 heteroatoms. The van der Waals surface area contributed by atoms with Gasteiger partial charge < -0.3 is 18.1 Å². The molecule has 0 amide bonds. The standard InChI is InChI=1S/C23H31IN6O5S/c1-4-7-18-20-21(29(3)28-18)23(31)27-22(26-20)17-12-16(8-9-19(17)34-5-2)36(32,33)30-13-15(14-30)25-10-6-11-35-24/h8-9,12,15,25H,4-7,10-11,13-14H2,1-3H3,(H,26,27,31). The molecule has 11 nitrogen and oxygen atoms in total. The maximum Gasteiger partial charge on any atom is 0.277 e. The van der Waals surface area contributed by atoms with Crippen molar-refractivity contribution < 1.29 is 16.2 Å². The van der Waals surface area contributed by atoms with Crippen molar-refractivity contribution in [3.05, 3.63) is 34.2 Å². The largest absolute Gasteiger partial charge is 0.493 e. The molecule has 3 heterocycles. The number of aromatic nitrogens is 4. The molecule has 1 saturated heterocycles. The van der Waals surface area contributed by atoms with E-state index in [-0.39, 0.29) is 22.3 Å². The van der Waals surface area contributed by atoms with Gasteiger partial charge in [-0.05, 0) is 44.5 Å². The number of hydrogen-bond donors (Lipinski definition) is 2. The van der Waals surface area contributed by atoms with E-state index in [0.29, 0.717) is 55.1 Å². The van der Waals surface area contributed by atoms with Crippen LogP contribution >= 0.6 is 23.0 Å². The highest BCUT2D eigenvalue weighted by atomic mass is 127. The fourth-order valence-corrected chi connectivity index (χ4v) is 6.13. The van der Waals surface area contributed by atoms with Crippen LogP contribution < -0.4 is 15.6 Å². The molecule has 0 aliphatic carbocycles. The van der Waals surface area contributed by atoms with Crippen LogP contribution in [0.2, 0.25) is 0 Å². The summed E-state index contributed by atoms with van der Waals surface area (Å²) in [7, 11) is -2.01. The van der Waals surface area contributed by atoms with Crippen molar-refractivity contribution in [3.63, 3.8) is 0 Å². The van der Waals surface area contributed by atoms with Gasteiger partial charge in [-0.1, -0.05) is 13.3 Å². The minimum atomic E-state index is -3.72. The van der Waals surface area contributed by atoms with Crippen molar-refractivity contribution in [2.45, 2.75) is 44.0 Å². The highest BCUT2D eigenvalue weighted by Gasteiger charge is 2.36. The summed E-state index contributed by atoms with van der Waals surface area (Å²) in [5.74, 6) is 0.694. The number of aryl methyl sites for hydroxylation is 2. The van der Waals surface area contributed by atoms with E-state index >= 15 is 0 Å². The molecule has 36 heavy (non-hydrogen) atoms. The molecular formula is C23H31IN6O5S. The van der Waals surface area contributed by atoms with Gasteiger partial charge >= 0.3 is 0 Å². The number of sulfonamides is 1. The molecule has 196 valence electrons. The maximum absolute atomic E-state index is 13.3. The van der Waals surface area contributed by atoms with E-state index in [0.717, 1.165) is 25.1 Å². The Bertz CT molecular complexity index is 1380. The Hall–Kier alpha value is -2.07. The van der Waals surface area contributed by atoms with Gasteiger partial charge in [0, 0.05) is 26.2 Å². The molecule has 2 N–H and O–H groups in total. The highest BCUT2D eigenvalue weighted by molar-refractivity contribution is 14.1. The molecule has 1 aliphatic rings. The van der Waals surface area contributed by atoms with Gasteiger partial charge in [0.05, 0.1) is 29.4 Å². The zero-order valence-electron chi connectivity index (χ0n) is 20.6. The number of benzene rings is 1. The Balaban J connectivity index is 1.66. The number of rotatable bonds is 12. The number of nitrogens with one attached hydrogen (secondary N) is 2. The van der Waals surface area contributed by atoms with Crippen LogP contribution in [0.3, 0.4) is 0 Å². The summed E-state index contributed by atoms with van der Waals surface area (Å²) < 4.78 is 40.4. The molecule has 1 aliphatic heterocycles. The summed E-state index contributed by atoms with van der Waals surface area (Å²) in [6.07, 6.45) is 2.39. The average Bonchev–Trinajstić information content (AvgIpc) is 3.13. The number of ether oxygens (including phenoxy) is 1. The van der Waals surface area contributed by atoms with Gasteiger partial charge in [0.25, 0.3) is 5.56 Å². The van der Waals surface area contributed by atoms with E-state index in [1.807, 2.05) is 36.9 Å². The smallest absolute Gasteiger partial charge is 0.277 e. The fourth-order valence-electron chi connectivity index (χ4n) is 4.26. The molecule has 0 saturated carbocycles. The van der Waals surface area contributed by atoms with Crippen LogP contribution in [-0.2, 0) is 26.6 Å². The molecule has 2 aromatic heterocycles. The second kappa shape index (κ2) is 11.5. The maximum atomic E-state index is 13.3. The van der Waals surface area contributed by atoms with Crippen LogP contribution in [0.25, 0.3) is 22.4 Å². The van der Waals surface area contributed by atoms with Crippen LogP contribution in [0.4, 0.5) is 0 Å². The molecule has 0 unspecified atom stereocenters. The van der Waals surface area contributed by atoms with Crippen molar-refractivity contribution >= 4 is 44.1 Å². The van der Waals surface area contributed by atoms with Crippen LogP contribution in [0.15, 0.2) is 27.9 Å². The summed E-state index contributed by atoms with van der Waals surface area (Å²) in [6, 6.07) is 4.79. The monoisotopic (exact) mass is 630 g/mol. The van der Waals surface area contributed by atoms with Gasteiger partial charge in [0.2, 0.25) is 10.0 Å². The molecule has 3 aromatic rings. The van der Waals surface area contributed by atoms with E-state index < -0.39 is 10.0 Å². The first-order valence-electron chi connectivity index (χ1n) is 12.0. The van der Waals surface area contributed by atoms with E-state index in [4.69, 9.17) is 12.8 Å². The lowest BCUT2D eigenvalue weighted by Gasteiger charge is -2.38. The predicted octanol–water partition coefficient (Wildman–Crippen LogP) is 2.39. The van der Waals surface area contributed by atoms with Crippen LogP contribution in [0.5, 0.6) is 5.75 Å². The Labute approximate surface area is 224 Å². The van der Waals surface area contributed by atoms with Gasteiger partial charge in [0.1, 0.15) is 40.1 Å². The van der Waals surface area contributed by atoms with Crippen LogP contribution in [-0.4, -0.2) is 71.4 Å². The van der Waals surface area contributed by atoms with Gasteiger partial charge in [-0.3, -0.25) is 9.48 Å². The lowest BCUT2D eigenvalue weighted by atomic mass is 10.1. The molecule has 0 radical (unpaired) electrons. The summed E-state index contributed by atoms with van der Waals surface area (Å²) in [6.45, 7) is 6.46. The third-order valence-corrected chi connectivity index (χ3v) is 8.34. The Morgan fingerprint density at radius 2 is 2.06 bits per heavy atom. The van der Waals surface area contributed by atoms with Crippen molar-refractivity contribution in [1.82, 2.24) is 29.4 Å². The zero-order valence-corrected chi connectivity index (χ0v) is 23.6. The number of fused-ring (bicyclic) bond motifs is 1. The number of H-pyrrole nitrogens is 1. The SMILES string of the molecule is CCCc1nn(C)c2c(=O)[nH]c(-c3cc(S(=O)(=O)N4CC(NCCCOI)C4)ccc3OCC)nc12. The Morgan fingerprint density at radius 3 is 2.75 bits per heavy atom. The molecule has 1 aromatic carbocycles. The van der Waals surface area contributed by atoms with Crippen molar-refractivity contribution in [1.29, 1.82) is 0 Å². The highest BCUT2D eigenvalue weighted by Crippen LogP contribution is 2.33. The van der Waals surface area contributed by atoms with Crippen LogP contribution in [0.1, 0.15) is 32.4 Å². The van der Waals surface area contributed by atoms with Gasteiger partial charge in [0.15, 0.2) is 5.52 Å². The predicted molar refractivity (Wildman–Crippen MR) is 145 cm³/mol. The summed E-state index contributed by atoms with van der Waals surface area (Å²) in [5, 5.41) is 7.80. The molecule has 4 rings (SSSR count). The molecular weight excluding hydrogens is 599 g/mol. The first-order valence-corrected chi connectivity index (χ1v) is 14.3. The normalized spacial score (nSPS) is 14.9. The summed E-state index contributed by atoms with van der Waals surface area (Å²) in [5.41, 5.74) is 1.70.